The molecule has 2 rings (SSSR count). The molecule has 23 heavy (non-hydrogen) atoms. The minimum atomic E-state index is -1.42. The molecule has 1 aliphatic rings. The van der Waals surface area contributed by atoms with Crippen molar-refractivity contribution >= 4 is 5.91 Å². The third kappa shape index (κ3) is 4.06. The lowest BCUT2D eigenvalue weighted by molar-refractivity contribution is -0.160. The molecule has 128 valence electrons. The lowest BCUT2D eigenvalue weighted by atomic mass is 9.90. The highest BCUT2D eigenvalue weighted by molar-refractivity contribution is 5.86. The van der Waals surface area contributed by atoms with Crippen LogP contribution >= 0.6 is 0 Å². The fraction of sp³-hybridized carbons (Fsp3) is 0.588. The molecule has 0 aliphatic carbocycles. The van der Waals surface area contributed by atoms with E-state index < -0.39 is 17.2 Å². The van der Waals surface area contributed by atoms with Gasteiger partial charge in [0.05, 0.1) is 0 Å². The summed E-state index contributed by atoms with van der Waals surface area (Å²) in [6.45, 7) is 4.93. The van der Waals surface area contributed by atoms with E-state index in [1.807, 2.05) is 25.8 Å². The maximum absolute atomic E-state index is 13.3. The number of amides is 1. The zero-order valence-corrected chi connectivity index (χ0v) is 13.9. The fourth-order valence-corrected chi connectivity index (χ4v) is 2.82. The van der Waals surface area contributed by atoms with Gasteiger partial charge >= 0.3 is 0 Å². The largest absolute Gasteiger partial charge is 0.379 e. The smallest absolute Gasteiger partial charge is 0.256 e. The molecule has 0 saturated carbocycles. The van der Waals surface area contributed by atoms with Gasteiger partial charge < -0.3 is 14.9 Å². The van der Waals surface area contributed by atoms with Gasteiger partial charge in [-0.05, 0) is 51.4 Å². The van der Waals surface area contributed by atoms with Crippen molar-refractivity contribution in [1.29, 1.82) is 0 Å². The van der Waals surface area contributed by atoms with Crippen molar-refractivity contribution in [3.05, 3.63) is 35.4 Å². The number of carbonyl (C=O) groups is 1. The van der Waals surface area contributed by atoms with Crippen molar-refractivity contribution in [3.63, 3.8) is 0 Å². The maximum Gasteiger partial charge on any atom is 0.256 e. The van der Waals surface area contributed by atoms with Gasteiger partial charge in [-0.2, -0.15) is 0 Å². The number of carbonyl (C=O) groups excluding carboxylic acids is 1. The predicted molar refractivity (Wildman–Crippen MR) is 83.7 cm³/mol. The van der Waals surface area contributed by atoms with Crippen molar-refractivity contribution in [2.75, 3.05) is 20.1 Å². The van der Waals surface area contributed by atoms with Gasteiger partial charge in [0.2, 0.25) is 0 Å². The predicted octanol–water partition coefficient (Wildman–Crippen LogP) is 2.16. The number of likely N-dealkylation sites (tertiary alicyclic amines) is 1. The first-order chi connectivity index (χ1) is 10.7. The Kier molecular flexibility index (Phi) is 5.37. The van der Waals surface area contributed by atoms with Crippen molar-refractivity contribution < 1.29 is 18.7 Å². The average Bonchev–Trinajstić information content (AvgIpc) is 2.48. The Morgan fingerprint density at radius 1 is 1.35 bits per heavy atom. The highest BCUT2D eigenvalue weighted by Gasteiger charge is 2.43. The van der Waals surface area contributed by atoms with Crippen LogP contribution in [0.3, 0.4) is 0 Å². The van der Waals surface area contributed by atoms with Gasteiger partial charge in [-0.3, -0.25) is 4.79 Å². The zero-order chi connectivity index (χ0) is 17.2. The van der Waals surface area contributed by atoms with E-state index in [1.54, 1.807) is 0 Å². The number of hydrogen-bond donors (Lipinski definition) is 1. The van der Waals surface area contributed by atoms with Crippen LogP contribution in [-0.4, -0.2) is 52.6 Å². The van der Waals surface area contributed by atoms with Crippen molar-refractivity contribution in [3.8, 4) is 0 Å². The van der Waals surface area contributed by atoms with Crippen LogP contribution in [0.15, 0.2) is 18.2 Å². The SMILES string of the molecule is CC(C)N(C)C[C@@]1(O)CCCN(Cc2ccc(F)c(F)c2)C1=O. The second kappa shape index (κ2) is 6.93. The van der Waals surface area contributed by atoms with Crippen molar-refractivity contribution in [1.82, 2.24) is 9.80 Å². The number of nitrogens with zero attached hydrogens (tertiary/aromatic N) is 2. The average molecular weight is 326 g/mol. The number of hydrogen-bond acceptors (Lipinski definition) is 3. The minimum absolute atomic E-state index is 0.170. The molecule has 0 radical (unpaired) electrons. The molecule has 1 aromatic carbocycles. The normalized spacial score (nSPS) is 22.3. The van der Waals surface area contributed by atoms with Gasteiger partial charge in [-0.25, -0.2) is 8.78 Å². The van der Waals surface area contributed by atoms with E-state index >= 15 is 0 Å². The number of benzene rings is 1. The molecule has 1 aliphatic heterocycles. The number of rotatable bonds is 5. The zero-order valence-electron chi connectivity index (χ0n) is 13.9. The number of piperidine rings is 1. The molecule has 4 nitrogen and oxygen atoms in total. The Morgan fingerprint density at radius 2 is 2.04 bits per heavy atom. The molecule has 1 amide bonds. The fourth-order valence-electron chi connectivity index (χ4n) is 2.82. The van der Waals surface area contributed by atoms with E-state index in [2.05, 4.69) is 0 Å². The summed E-state index contributed by atoms with van der Waals surface area (Å²) in [6.07, 6.45) is 1.09. The second-order valence-electron chi connectivity index (χ2n) is 6.62. The lowest BCUT2D eigenvalue weighted by Gasteiger charge is -2.41. The van der Waals surface area contributed by atoms with Gasteiger partial charge in [0, 0.05) is 25.7 Å². The molecule has 1 aromatic rings. The van der Waals surface area contributed by atoms with E-state index in [1.165, 1.54) is 11.0 Å². The lowest BCUT2D eigenvalue weighted by Crippen LogP contribution is -2.58. The van der Waals surface area contributed by atoms with E-state index in [0.717, 1.165) is 12.1 Å². The first-order valence-corrected chi connectivity index (χ1v) is 7.89. The third-order valence-electron chi connectivity index (χ3n) is 4.45. The first kappa shape index (κ1) is 17.8. The molecule has 0 aromatic heterocycles. The number of halogens is 2. The summed E-state index contributed by atoms with van der Waals surface area (Å²) in [6, 6.07) is 3.82. The Balaban J connectivity index is 2.11. The molecule has 1 N–H and O–H groups in total. The molecule has 1 fully saturated rings. The van der Waals surface area contributed by atoms with Crippen LogP contribution in [0.5, 0.6) is 0 Å². The molecule has 6 heteroatoms. The van der Waals surface area contributed by atoms with Crippen molar-refractivity contribution in [2.45, 2.75) is 44.9 Å². The number of aliphatic hydroxyl groups is 1. The maximum atomic E-state index is 13.3. The summed E-state index contributed by atoms with van der Waals surface area (Å²) in [7, 11) is 1.87. The Hall–Kier alpha value is -1.53. The van der Waals surface area contributed by atoms with E-state index in [9.17, 15) is 18.7 Å². The van der Waals surface area contributed by atoms with Crippen LogP contribution in [0.25, 0.3) is 0 Å². The van der Waals surface area contributed by atoms with Gasteiger partial charge in [0.25, 0.3) is 5.91 Å². The summed E-state index contributed by atoms with van der Waals surface area (Å²) in [5.74, 6) is -2.18. The van der Waals surface area contributed by atoms with E-state index in [-0.39, 0.29) is 25.0 Å². The first-order valence-electron chi connectivity index (χ1n) is 7.89. The molecule has 1 heterocycles. The van der Waals surface area contributed by atoms with Crippen LogP contribution in [0.2, 0.25) is 0 Å². The van der Waals surface area contributed by atoms with Crippen LogP contribution in [0.4, 0.5) is 8.78 Å². The topological polar surface area (TPSA) is 43.8 Å². The van der Waals surface area contributed by atoms with Crippen LogP contribution in [-0.2, 0) is 11.3 Å². The second-order valence-corrected chi connectivity index (χ2v) is 6.62. The summed E-state index contributed by atoms with van der Waals surface area (Å²) in [4.78, 5) is 16.1. The standard InChI is InChI=1S/C17H24F2N2O2/c1-12(2)20(3)11-17(23)7-4-8-21(16(17)22)10-13-5-6-14(18)15(19)9-13/h5-6,9,12,23H,4,7-8,10-11H2,1-3H3/t17-/m0/s1. The highest BCUT2D eigenvalue weighted by atomic mass is 19.2. The van der Waals surface area contributed by atoms with Gasteiger partial charge in [0.15, 0.2) is 17.2 Å². The summed E-state index contributed by atoms with van der Waals surface area (Å²) < 4.78 is 26.3. The molecule has 1 atom stereocenters. The molecule has 0 spiro atoms. The summed E-state index contributed by atoms with van der Waals surface area (Å²) >= 11 is 0. The minimum Gasteiger partial charge on any atom is -0.379 e. The van der Waals surface area contributed by atoms with Crippen molar-refractivity contribution in [2.24, 2.45) is 0 Å². The number of likely N-dealkylation sites (N-methyl/N-ethyl adjacent to an activating group) is 1. The molecule has 0 bridgehead atoms. The Labute approximate surface area is 135 Å². The summed E-state index contributed by atoms with van der Waals surface area (Å²) in [5.41, 5.74) is -0.908. The van der Waals surface area contributed by atoms with Crippen LogP contribution in [0.1, 0.15) is 32.3 Å². The third-order valence-corrected chi connectivity index (χ3v) is 4.45. The molecule has 1 saturated heterocycles. The Bertz CT molecular complexity index is 580. The summed E-state index contributed by atoms with van der Waals surface area (Å²) in [5, 5.41) is 10.7. The van der Waals surface area contributed by atoms with Gasteiger partial charge in [0.1, 0.15) is 0 Å². The highest BCUT2D eigenvalue weighted by Crippen LogP contribution is 2.26. The molecular formula is C17H24F2N2O2. The van der Waals surface area contributed by atoms with Gasteiger partial charge in [-0.15, -0.1) is 0 Å². The Morgan fingerprint density at radius 3 is 2.65 bits per heavy atom. The quantitative estimate of drug-likeness (QED) is 0.902. The van der Waals surface area contributed by atoms with Crippen LogP contribution < -0.4 is 0 Å². The molecular weight excluding hydrogens is 302 g/mol. The molecule has 0 unspecified atom stereocenters. The van der Waals surface area contributed by atoms with Gasteiger partial charge in [-0.1, -0.05) is 6.07 Å². The monoisotopic (exact) mass is 326 g/mol. The van der Waals surface area contributed by atoms with Crippen LogP contribution in [0, 0.1) is 11.6 Å². The van der Waals surface area contributed by atoms with E-state index in [4.69, 9.17) is 0 Å². The van der Waals surface area contributed by atoms with E-state index in [0.29, 0.717) is 24.9 Å².